The molecule has 142 valence electrons. The predicted molar refractivity (Wildman–Crippen MR) is 118 cm³/mol. The van der Waals surface area contributed by atoms with Crippen LogP contribution in [0.5, 0.6) is 11.5 Å². The van der Waals surface area contributed by atoms with Crippen molar-refractivity contribution in [1.82, 2.24) is 4.98 Å². The summed E-state index contributed by atoms with van der Waals surface area (Å²) in [4.78, 5) is 4.69. The number of fused-ring (bicyclic) bond motifs is 1. The fourth-order valence-corrected chi connectivity index (χ4v) is 3.99. The van der Waals surface area contributed by atoms with E-state index in [9.17, 15) is 5.26 Å². The molecular formula is C24H18N2O2S. The van der Waals surface area contributed by atoms with E-state index in [4.69, 9.17) is 14.5 Å². The maximum absolute atomic E-state index is 9.76. The average Bonchev–Trinajstić information content (AvgIpc) is 3.27. The summed E-state index contributed by atoms with van der Waals surface area (Å²) < 4.78 is 10.7. The number of rotatable bonds is 5. The Morgan fingerprint density at radius 1 is 1.00 bits per heavy atom. The van der Waals surface area contributed by atoms with Gasteiger partial charge in [-0.3, -0.25) is 0 Å². The van der Waals surface area contributed by atoms with Crippen molar-refractivity contribution in [2.24, 2.45) is 0 Å². The summed E-state index contributed by atoms with van der Waals surface area (Å²) in [5.41, 5.74) is 3.25. The number of allylic oxidation sites excluding steroid dienone is 1. The van der Waals surface area contributed by atoms with Gasteiger partial charge in [0.05, 0.1) is 25.5 Å². The molecular weight excluding hydrogens is 380 g/mol. The first-order valence-corrected chi connectivity index (χ1v) is 9.89. The summed E-state index contributed by atoms with van der Waals surface area (Å²) >= 11 is 1.45. The second kappa shape index (κ2) is 8.17. The molecule has 3 aromatic carbocycles. The number of hydrogen-bond donors (Lipinski definition) is 0. The normalized spacial score (nSPS) is 11.3. The molecule has 4 aromatic rings. The van der Waals surface area contributed by atoms with Crippen LogP contribution in [-0.2, 0) is 0 Å². The molecule has 1 aromatic heterocycles. The van der Waals surface area contributed by atoms with Crippen molar-refractivity contribution in [2.75, 3.05) is 14.2 Å². The van der Waals surface area contributed by atoms with Gasteiger partial charge in [-0.15, -0.1) is 11.3 Å². The van der Waals surface area contributed by atoms with Crippen molar-refractivity contribution in [3.8, 4) is 28.8 Å². The molecule has 0 bridgehead atoms. The lowest BCUT2D eigenvalue weighted by Crippen LogP contribution is -1.91. The number of thiazole rings is 1. The third-order valence-corrected chi connectivity index (χ3v) is 5.53. The van der Waals surface area contributed by atoms with Crippen LogP contribution >= 0.6 is 11.3 Å². The van der Waals surface area contributed by atoms with Crippen LogP contribution in [0.4, 0.5) is 0 Å². The first-order valence-electron chi connectivity index (χ1n) is 9.01. The molecule has 0 radical (unpaired) electrons. The van der Waals surface area contributed by atoms with E-state index in [0.29, 0.717) is 22.1 Å². The van der Waals surface area contributed by atoms with Crippen molar-refractivity contribution < 1.29 is 9.47 Å². The van der Waals surface area contributed by atoms with Crippen LogP contribution in [0.15, 0.2) is 66.0 Å². The molecule has 0 N–H and O–H groups in total. The highest BCUT2D eigenvalue weighted by molar-refractivity contribution is 7.11. The Labute approximate surface area is 173 Å². The number of methoxy groups -OCH3 is 2. The van der Waals surface area contributed by atoms with Gasteiger partial charge in [0.1, 0.15) is 11.1 Å². The zero-order valence-corrected chi connectivity index (χ0v) is 16.9. The molecule has 4 rings (SSSR count). The summed E-state index contributed by atoms with van der Waals surface area (Å²) in [6.07, 6.45) is 1.90. The molecule has 0 amide bonds. The standard InChI is InChI=1S/C24H18N2O2S/c1-27-22-11-10-18(13-23(22)28-2)21-15-29-24(26-21)19(14-25)12-17-8-5-7-16-6-3-4-9-20(16)17/h3-13,15H,1-2H3/b19-12+. The molecule has 0 aliphatic carbocycles. The highest BCUT2D eigenvalue weighted by atomic mass is 32.1. The van der Waals surface area contributed by atoms with E-state index in [1.807, 2.05) is 53.9 Å². The topological polar surface area (TPSA) is 55.1 Å². The lowest BCUT2D eigenvalue weighted by atomic mass is 10.0. The van der Waals surface area contributed by atoms with Crippen LogP contribution < -0.4 is 9.47 Å². The molecule has 0 fully saturated rings. The molecule has 0 saturated carbocycles. The fourth-order valence-electron chi connectivity index (χ4n) is 3.20. The van der Waals surface area contributed by atoms with Gasteiger partial charge in [-0.1, -0.05) is 42.5 Å². The van der Waals surface area contributed by atoms with Crippen molar-refractivity contribution in [2.45, 2.75) is 0 Å². The Bertz CT molecular complexity index is 1250. The first kappa shape index (κ1) is 18.7. The Balaban J connectivity index is 1.73. The molecule has 0 atom stereocenters. The summed E-state index contributed by atoms with van der Waals surface area (Å²) in [5, 5.41) is 14.6. The third-order valence-electron chi connectivity index (χ3n) is 4.66. The van der Waals surface area contributed by atoms with Crippen LogP contribution in [0, 0.1) is 11.3 Å². The minimum absolute atomic E-state index is 0.540. The number of ether oxygens (including phenoxy) is 2. The van der Waals surface area contributed by atoms with Crippen LogP contribution in [-0.4, -0.2) is 19.2 Å². The number of nitriles is 1. The summed E-state index contributed by atoms with van der Waals surface area (Å²) in [5.74, 6) is 1.31. The Hall–Kier alpha value is -3.62. The summed E-state index contributed by atoms with van der Waals surface area (Å²) in [7, 11) is 3.21. The van der Waals surface area contributed by atoms with E-state index < -0.39 is 0 Å². The third kappa shape index (κ3) is 3.71. The van der Waals surface area contributed by atoms with E-state index in [1.165, 1.54) is 11.3 Å². The van der Waals surface area contributed by atoms with Crippen LogP contribution in [0.25, 0.3) is 33.7 Å². The zero-order valence-electron chi connectivity index (χ0n) is 16.0. The molecule has 0 aliphatic rings. The molecule has 4 nitrogen and oxygen atoms in total. The summed E-state index contributed by atoms with van der Waals surface area (Å²) in [6.45, 7) is 0. The fraction of sp³-hybridized carbons (Fsp3) is 0.0833. The number of benzene rings is 3. The van der Waals surface area contributed by atoms with Gasteiger partial charge < -0.3 is 9.47 Å². The van der Waals surface area contributed by atoms with Gasteiger partial charge in [0, 0.05) is 10.9 Å². The average molecular weight is 398 g/mol. The SMILES string of the molecule is COc1ccc(-c2csc(/C(C#N)=C/c3cccc4ccccc34)n2)cc1OC. The van der Waals surface area contributed by atoms with E-state index in [2.05, 4.69) is 24.3 Å². The maximum Gasteiger partial charge on any atom is 0.161 e. The van der Waals surface area contributed by atoms with Gasteiger partial charge in [-0.25, -0.2) is 4.98 Å². The van der Waals surface area contributed by atoms with Crippen molar-refractivity contribution in [1.29, 1.82) is 5.26 Å². The molecule has 0 unspecified atom stereocenters. The van der Waals surface area contributed by atoms with Gasteiger partial charge in [-0.05, 0) is 40.6 Å². The smallest absolute Gasteiger partial charge is 0.161 e. The van der Waals surface area contributed by atoms with Gasteiger partial charge in [0.15, 0.2) is 11.5 Å². The van der Waals surface area contributed by atoms with Crippen molar-refractivity contribution in [3.05, 3.63) is 76.6 Å². The minimum atomic E-state index is 0.540. The van der Waals surface area contributed by atoms with E-state index in [-0.39, 0.29) is 0 Å². The second-order valence-electron chi connectivity index (χ2n) is 6.35. The highest BCUT2D eigenvalue weighted by Crippen LogP contribution is 2.34. The monoisotopic (exact) mass is 398 g/mol. The van der Waals surface area contributed by atoms with Crippen molar-refractivity contribution >= 4 is 33.8 Å². The molecule has 29 heavy (non-hydrogen) atoms. The van der Waals surface area contributed by atoms with Gasteiger partial charge in [-0.2, -0.15) is 5.26 Å². The molecule has 0 spiro atoms. The van der Waals surface area contributed by atoms with Gasteiger partial charge in [0.2, 0.25) is 0 Å². The van der Waals surface area contributed by atoms with E-state index >= 15 is 0 Å². The van der Waals surface area contributed by atoms with E-state index in [0.717, 1.165) is 27.6 Å². The Morgan fingerprint density at radius 2 is 1.79 bits per heavy atom. The lowest BCUT2D eigenvalue weighted by Gasteiger charge is -2.08. The first-order chi connectivity index (χ1) is 14.2. The predicted octanol–water partition coefficient (Wildman–Crippen LogP) is 6.04. The largest absolute Gasteiger partial charge is 0.493 e. The minimum Gasteiger partial charge on any atom is -0.493 e. The molecule has 5 heteroatoms. The number of hydrogen-bond acceptors (Lipinski definition) is 5. The van der Waals surface area contributed by atoms with Gasteiger partial charge >= 0.3 is 0 Å². The molecule has 1 heterocycles. The van der Waals surface area contributed by atoms with Crippen LogP contribution in [0.1, 0.15) is 10.6 Å². The number of aromatic nitrogens is 1. The van der Waals surface area contributed by atoms with Crippen LogP contribution in [0.2, 0.25) is 0 Å². The second-order valence-corrected chi connectivity index (χ2v) is 7.20. The quantitative estimate of drug-likeness (QED) is 0.384. The highest BCUT2D eigenvalue weighted by Gasteiger charge is 2.12. The number of nitrogens with zero attached hydrogens (tertiary/aromatic N) is 2. The molecule has 0 saturated heterocycles. The molecule has 0 aliphatic heterocycles. The van der Waals surface area contributed by atoms with E-state index in [1.54, 1.807) is 14.2 Å². The maximum atomic E-state index is 9.76. The lowest BCUT2D eigenvalue weighted by molar-refractivity contribution is 0.355. The van der Waals surface area contributed by atoms with Crippen LogP contribution in [0.3, 0.4) is 0 Å². The Kier molecular flexibility index (Phi) is 5.28. The Morgan fingerprint density at radius 3 is 2.59 bits per heavy atom. The zero-order chi connectivity index (χ0) is 20.2. The van der Waals surface area contributed by atoms with Crippen molar-refractivity contribution in [3.63, 3.8) is 0 Å². The summed E-state index contributed by atoms with van der Waals surface area (Å²) in [6, 6.07) is 22.2. The van der Waals surface area contributed by atoms with Gasteiger partial charge in [0.25, 0.3) is 0 Å².